The molecule has 0 saturated heterocycles. The Hall–Kier alpha value is -2.99. The second-order valence-electron chi connectivity index (χ2n) is 10.0. The van der Waals surface area contributed by atoms with Gasteiger partial charge >= 0.3 is 0 Å². The van der Waals surface area contributed by atoms with E-state index in [9.17, 15) is 9.50 Å². The van der Waals surface area contributed by atoms with Crippen LogP contribution in [-0.2, 0) is 6.42 Å². The Morgan fingerprint density at radius 1 is 1.24 bits per heavy atom. The maximum absolute atomic E-state index is 15.5. The van der Waals surface area contributed by atoms with Gasteiger partial charge in [0.05, 0.1) is 6.04 Å². The van der Waals surface area contributed by atoms with E-state index >= 15 is 8.78 Å². The first-order valence-electron chi connectivity index (χ1n) is 11.0. The van der Waals surface area contributed by atoms with Crippen LogP contribution in [-0.4, -0.2) is 32.7 Å². The summed E-state index contributed by atoms with van der Waals surface area (Å²) >= 11 is 0. The lowest BCUT2D eigenvalue weighted by Crippen LogP contribution is -2.55. The van der Waals surface area contributed by atoms with E-state index in [0.29, 0.717) is 12.1 Å². The van der Waals surface area contributed by atoms with Gasteiger partial charge in [-0.05, 0) is 69.5 Å². The van der Waals surface area contributed by atoms with Crippen LogP contribution in [0.3, 0.4) is 0 Å². The van der Waals surface area contributed by atoms with Gasteiger partial charge in [-0.25, -0.2) is 13.2 Å². The van der Waals surface area contributed by atoms with Crippen molar-refractivity contribution >= 4 is 17.0 Å². The van der Waals surface area contributed by atoms with Gasteiger partial charge in [0, 0.05) is 34.2 Å². The maximum Gasteiger partial charge on any atom is 0.131 e. The molecule has 0 fully saturated rings. The number of halogens is 3. The molecular weight excluding hydrogens is 425 g/mol. The fraction of sp³-hybridized carbons (Fsp3) is 0.333. The second kappa shape index (κ2) is 8.10. The van der Waals surface area contributed by atoms with E-state index in [1.54, 1.807) is 0 Å². The number of hydrogen-bond acceptors (Lipinski definition) is 2. The Kier molecular flexibility index (Phi) is 5.69. The van der Waals surface area contributed by atoms with Crippen LogP contribution in [0.25, 0.3) is 17.0 Å². The number of nitrogens with zero attached hydrogens (tertiary/aromatic N) is 1. The second-order valence-corrected chi connectivity index (χ2v) is 10.0. The number of benzene rings is 2. The smallest absolute Gasteiger partial charge is 0.131 e. The highest BCUT2D eigenvalue weighted by Gasteiger charge is 2.45. The minimum atomic E-state index is -1.57. The van der Waals surface area contributed by atoms with E-state index in [0.717, 1.165) is 16.5 Å². The molecule has 3 nitrogen and oxygen atoms in total. The van der Waals surface area contributed by atoms with Crippen LogP contribution in [0.15, 0.2) is 54.8 Å². The molecule has 6 heteroatoms. The van der Waals surface area contributed by atoms with Gasteiger partial charge in [-0.3, -0.25) is 4.90 Å². The molecular formula is C27H29F3N2O. The summed E-state index contributed by atoms with van der Waals surface area (Å²) in [7, 11) is 0. The number of aliphatic hydroxyl groups excluding tert-OH is 1. The lowest BCUT2D eigenvalue weighted by Gasteiger charge is -2.49. The number of H-pyrrole nitrogens is 1. The summed E-state index contributed by atoms with van der Waals surface area (Å²) in [5.41, 5.74) is 0.561. The molecule has 1 unspecified atom stereocenters. The van der Waals surface area contributed by atoms with Gasteiger partial charge in [0.2, 0.25) is 0 Å². The van der Waals surface area contributed by atoms with Gasteiger partial charge in [0.1, 0.15) is 23.1 Å². The van der Waals surface area contributed by atoms with Crippen LogP contribution in [0.5, 0.6) is 0 Å². The first-order chi connectivity index (χ1) is 15.4. The van der Waals surface area contributed by atoms with Crippen molar-refractivity contribution in [3.05, 3.63) is 88.8 Å². The third kappa shape index (κ3) is 4.44. The van der Waals surface area contributed by atoms with Crippen LogP contribution in [0.4, 0.5) is 13.2 Å². The number of aromatic amines is 1. The number of alkyl halides is 1. The summed E-state index contributed by atoms with van der Waals surface area (Å²) < 4.78 is 46.0. The zero-order chi connectivity index (χ0) is 24.1. The summed E-state index contributed by atoms with van der Waals surface area (Å²) in [5.74, 6) is -1.67. The van der Waals surface area contributed by atoms with E-state index in [4.69, 9.17) is 0 Å². The van der Waals surface area contributed by atoms with Crippen LogP contribution >= 0.6 is 0 Å². The number of aromatic nitrogens is 1. The van der Waals surface area contributed by atoms with Gasteiger partial charge in [0.25, 0.3) is 0 Å². The highest BCUT2D eigenvalue weighted by atomic mass is 19.1. The van der Waals surface area contributed by atoms with Crippen molar-refractivity contribution < 1.29 is 18.3 Å². The Labute approximate surface area is 192 Å². The summed E-state index contributed by atoms with van der Waals surface area (Å²) in [6, 6.07) is 9.38. The Morgan fingerprint density at radius 2 is 1.88 bits per heavy atom. The SMILES string of the molecule is C=C(O)/C=C/c1cc(F)c(C2c3[nH]c4ccccc4c3CC(C)(C)N2CC(C)(C)F)c(F)c1. The molecule has 0 aliphatic carbocycles. The molecule has 1 aromatic heterocycles. The van der Waals surface area contributed by atoms with Crippen LogP contribution in [0.2, 0.25) is 0 Å². The molecule has 1 atom stereocenters. The lowest BCUT2D eigenvalue weighted by molar-refractivity contribution is 0.0150. The van der Waals surface area contributed by atoms with Gasteiger partial charge in [-0.15, -0.1) is 0 Å². The molecule has 33 heavy (non-hydrogen) atoms. The summed E-state index contributed by atoms with van der Waals surface area (Å²) in [4.78, 5) is 5.23. The molecule has 0 amide bonds. The normalized spacial score (nSPS) is 18.7. The fourth-order valence-corrected chi connectivity index (χ4v) is 4.85. The molecule has 2 aromatic carbocycles. The van der Waals surface area contributed by atoms with E-state index in [-0.39, 0.29) is 23.4 Å². The predicted octanol–water partition coefficient (Wildman–Crippen LogP) is 7.01. The van der Waals surface area contributed by atoms with Crippen molar-refractivity contribution in [2.24, 2.45) is 0 Å². The standard InChI is InChI=1S/C27H29F3N2O/c1-16(33)10-11-17-12-20(28)23(21(29)13-17)25-24-19(18-8-6-7-9-22(18)31-24)14-27(4,5)32(25)15-26(2,3)30/h6-13,25,31,33H,1,14-15H2,2-5H3/b11-10+. The Balaban J connectivity index is 1.96. The third-order valence-electron chi connectivity index (χ3n) is 6.21. The zero-order valence-electron chi connectivity index (χ0n) is 19.3. The average molecular weight is 455 g/mol. The number of nitrogens with one attached hydrogen (secondary N) is 1. The molecule has 2 N–H and O–H groups in total. The van der Waals surface area contributed by atoms with Crippen molar-refractivity contribution in [2.75, 3.05) is 6.54 Å². The number of allylic oxidation sites excluding steroid dienone is 1. The van der Waals surface area contributed by atoms with Gasteiger partial charge in [-0.2, -0.15) is 0 Å². The average Bonchev–Trinajstić information content (AvgIpc) is 3.04. The minimum absolute atomic E-state index is 0.00431. The highest BCUT2D eigenvalue weighted by molar-refractivity contribution is 5.85. The molecule has 174 valence electrons. The highest BCUT2D eigenvalue weighted by Crippen LogP contribution is 2.46. The topological polar surface area (TPSA) is 39.3 Å². The molecule has 0 bridgehead atoms. The first kappa shape index (κ1) is 23.2. The van der Waals surface area contributed by atoms with Crippen molar-refractivity contribution in [3.63, 3.8) is 0 Å². The Morgan fingerprint density at radius 3 is 2.48 bits per heavy atom. The molecule has 0 radical (unpaired) electrons. The monoisotopic (exact) mass is 454 g/mol. The van der Waals surface area contributed by atoms with Crippen molar-refractivity contribution in [3.8, 4) is 0 Å². The molecule has 4 rings (SSSR count). The first-order valence-corrected chi connectivity index (χ1v) is 11.0. The number of rotatable bonds is 5. The number of aliphatic hydroxyl groups is 1. The fourth-order valence-electron chi connectivity index (χ4n) is 4.85. The minimum Gasteiger partial charge on any atom is -0.509 e. The van der Waals surface area contributed by atoms with Gasteiger partial charge < -0.3 is 10.1 Å². The number of hydrogen-bond donors (Lipinski definition) is 2. The lowest BCUT2D eigenvalue weighted by atomic mass is 9.80. The van der Waals surface area contributed by atoms with Gasteiger partial charge in [0.15, 0.2) is 0 Å². The number of para-hydroxylation sites is 1. The van der Waals surface area contributed by atoms with Crippen LogP contribution in [0, 0.1) is 11.6 Å². The maximum atomic E-state index is 15.5. The molecule has 1 aliphatic rings. The summed E-state index contributed by atoms with van der Waals surface area (Å²) in [5, 5.41) is 10.3. The molecule has 0 saturated carbocycles. The summed E-state index contributed by atoms with van der Waals surface area (Å²) in [6.45, 7) is 10.3. The van der Waals surface area contributed by atoms with E-state index in [2.05, 4.69) is 11.6 Å². The van der Waals surface area contributed by atoms with Crippen LogP contribution in [0.1, 0.15) is 56.1 Å². The predicted molar refractivity (Wildman–Crippen MR) is 127 cm³/mol. The number of fused-ring (bicyclic) bond motifs is 3. The zero-order valence-corrected chi connectivity index (χ0v) is 19.3. The molecule has 1 aliphatic heterocycles. The quantitative estimate of drug-likeness (QED) is 0.322. The van der Waals surface area contributed by atoms with E-state index < -0.39 is 28.9 Å². The molecule has 2 heterocycles. The van der Waals surface area contributed by atoms with Crippen molar-refractivity contribution in [1.29, 1.82) is 0 Å². The van der Waals surface area contributed by atoms with Gasteiger partial charge in [-0.1, -0.05) is 30.9 Å². The van der Waals surface area contributed by atoms with Crippen molar-refractivity contribution in [2.45, 2.75) is 51.4 Å². The van der Waals surface area contributed by atoms with Crippen molar-refractivity contribution in [1.82, 2.24) is 9.88 Å². The molecule has 3 aromatic rings. The third-order valence-corrected chi connectivity index (χ3v) is 6.21. The Bertz CT molecular complexity index is 1230. The van der Waals surface area contributed by atoms with E-state index in [1.807, 2.05) is 43.0 Å². The van der Waals surface area contributed by atoms with E-state index in [1.165, 1.54) is 38.1 Å². The molecule has 0 spiro atoms. The summed E-state index contributed by atoms with van der Waals surface area (Å²) in [6.07, 6.45) is 3.27. The van der Waals surface area contributed by atoms with Crippen LogP contribution < -0.4 is 0 Å². The largest absolute Gasteiger partial charge is 0.509 e.